The van der Waals surface area contributed by atoms with E-state index in [1.54, 1.807) is 18.0 Å². The average molecular weight is 728 g/mol. The predicted octanol–water partition coefficient (Wildman–Crippen LogP) is 0.907. The molecule has 0 unspecified atom stereocenters. The van der Waals surface area contributed by atoms with Crippen LogP contribution in [0.5, 0.6) is 5.88 Å². The summed E-state index contributed by atoms with van der Waals surface area (Å²) in [5, 5.41) is 27.0. The number of pyridine rings is 2. The van der Waals surface area contributed by atoms with Gasteiger partial charge in [0.25, 0.3) is 5.56 Å². The molecule has 2 aromatic heterocycles. The minimum atomic E-state index is -1.12. The van der Waals surface area contributed by atoms with Gasteiger partial charge in [0.15, 0.2) is 16.8 Å². The van der Waals surface area contributed by atoms with E-state index in [1.165, 1.54) is 6.07 Å². The van der Waals surface area contributed by atoms with E-state index in [0.29, 0.717) is 11.8 Å². The number of nitriles is 2. The molecular weight excluding hydrogens is 721 g/mol. The summed E-state index contributed by atoms with van der Waals surface area (Å²) in [6.45, 7) is 1.60. The number of nitrogens with zero attached hydrogens (tertiary/aromatic N) is 3. The Morgan fingerprint density at radius 2 is 1.65 bits per heavy atom. The second-order valence-corrected chi connectivity index (χ2v) is 4.16. The van der Waals surface area contributed by atoms with E-state index in [-0.39, 0.29) is 64.3 Å². The van der Waals surface area contributed by atoms with Gasteiger partial charge in [-0.15, -0.1) is 24.0 Å². The van der Waals surface area contributed by atoms with Crippen LogP contribution in [0, 0.1) is 41.2 Å². The van der Waals surface area contributed by atoms with Gasteiger partial charge in [-0.3, -0.25) is 4.79 Å². The number of aromatic amines is 1. The first kappa shape index (κ1) is 30.9. The van der Waals surface area contributed by atoms with Crippen molar-refractivity contribution in [1.29, 1.82) is 10.5 Å². The first-order chi connectivity index (χ1) is 11.3. The standard InChI is InChI=1S/C7H4ClFN2.C6H3FN2O2.I2.HI.Na/c1-4-5(3-10)2-6(9)7(8)11-4;7-4-1-3(2-8)5(10)9-6(4)11;1-2;;/h2H,1H3;1H,(H2,9,10,11);;1H;/q;;;;+1/p-1. The number of halogens is 6. The number of nitrogens with one attached hydrogen (secondary N) is 1. The maximum absolute atomic E-state index is 12.6. The van der Waals surface area contributed by atoms with Crippen LogP contribution in [0.3, 0.4) is 0 Å². The van der Waals surface area contributed by atoms with Gasteiger partial charge in [-0.1, -0.05) is 11.6 Å². The summed E-state index contributed by atoms with van der Waals surface area (Å²) in [5.41, 5.74) is -0.845. The van der Waals surface area contributed by atoms with Gasteiger partial charge in [-0.05, 0) is 24.9 Å². The van der Waals surface area contributed by atoms with Gasteiger partial charge in [0.05, 0.1) is 16.8 Å². The van der Waals surface area contributed by atoms with Gasteiger partial charge in [0, 0.05) is 37.2 Å². The second kappa shape index (κ2) is 16.2. The molecule has 6 nitrogen and oxygen atoms in total. The van der Waals surface area contributed by atoms with Gasteiger partial charge in [-0.2, -0.15) is 10.5 Å². The third-order valence-corrected chi connectivity index (χ3v) is 2.59. The molecule has 134 valence electrons. The third kappa shape index (κ3) is 9.95. The van der Waals surface area contributed by atoms with Crippen molar-refractivity contribution in [3.05, 3.63) is 56.1 Å². The van der Waals surface area contributed by atoms with Crippen molar-refractivity contribution in [3.63, 3.8) is 0 Å². The van der Waals surface area contributed by atoms with Crippen LogP contribution < -0.4 is 40.2 Å². The van der Waals surface area contributed by atoms with Gasteiger partial charge >= 0.3 is 29.6 Å². The van der Waals surface area contributed by atoms with Crippen molar-refractivity contribution >= 4 is 72.8 Å². The van der Waals surface area contributed by atoms with E-state index in [2.05, 4.69) is 42.2 Å². The minimum absolute atomic E-state index is 0. The molecule has 13 heteroatoms. The van der Waals surface area contributed by atoms with Gasteiger partial charge in [0.2, 0.25) is 0 Å². The summed E-state index contributed by atoms with van der Waals surface area (Å²) >= 11 is 9.59. The molecule has 0 aliphatic heterocycles. The maximum Gasteiger partial charge on any atom is 1.00 e. The summed E-state index contributed by atoms with van der Waals surface area (Å²) in [6.07, 6.45) is 0. The normalized spacial score (nSPS) is 8.00. The van der Waals surface area contributed by atoms with Gasteiger partial charge in [0.1, 0.15) is 12.1 Å². The second-order valence-electron chi connectivity index (χ2n) is 3.81. The Kier molecular flexibility index (Phi) is 19.3. The number of hydrogen-bond acceptors (Lipinski definition) is 5. The topological polar surface area (TPSA) is 116 Å². The zero-order valence-corrected chi connectivity index (χ0v) is 22.5. The molecule has 0 amide bonds. The Hall–Kier alpha value is 0.220. The number of rotatable bonds is 0. The monoisotopic (exact) mass is 728 g/mol. The summed E-state index contributed by atoms with van der Waals surface area (Å²) < 4.78 is 24.9. The minimum Gasteiger partial charge on any atom is -0.859 e. The summed E-state index contributed by atoms with van der Waals surface area (Å²) in [5.74, 6) is -2.64. The average Bonchev–Trinajstić information content (AvgIpc) is 2.57. The molecular formula is C13H7ClF2I3N4NaO2. The molecule has 0 saturated heterocycles. The Morgan fingerprint density at radius 3 is 2.12 bits per heavy atom. The molecule has 0 aliphatic carbocycles. The van der Waals surface area contributed by atoms with E-state index >= 15 is 0 Å². The molecule has 0 radical (unpaired) electrons. The van der Waals surface area contributed by atoms with Crippen LogP contribution in [-0.4, -0.2) is 9.97 Å². The molecule has 0 aliphatic rings. The molecule has 1 N–H and O–H groups in total. The van der Waals surface area contributed by atoms with E-state index in [9.17, 15) is 18.7 Å². The first-order valence-electron chi connectivity index (χ1n) is 5.67. The zero-order chi connectivity index (χ0) is 18.9. The Morgan fingerprint density at radius 1 is 1.19 bits per heavy atom. The van der Waals surface area contributed by atoms with Crippen molar-refractivity contribution in [3.8, 4) is 18.0 Å². The number of hydrogen-bond donors (Lipinski definition) is 1. The zero-order valence-electron chi connectivity index (χ0n) is 13.1. The quantitative estimate of drug-likeness (QED) is 0.246. The molecule has 0 fully saturated rings. The van der Waals surface area contributed by atoms with E-state index < -0.39 is 28.6 Å². The molecule has 0 atom stereocenters. The SMILES string of the molecule is Cc1nc(Cl)c(F)cc1C#N.I.II.N#Cc1cc(F)c(=O)[nH]c1[O-].[Na+]. The van der Waals surface area contributed by atoms with Crippen molar-refractivity contribution in [2.75, 3.05) is 0 Å². The number of aryl methyl sites for hydroxylation is 1. The fraction of sp³-hybridized carbons (Fsp3) is 0.0769. The van der Waals surface area contributed by atoms with Crippen molar-refractivity contribution in [1.82, 2.24) is 9.97 Å². The Labute approximate surface area is 215 Å². The first-order valence-corrected chi connectivity index (χ1v) is 12.3. The van der Waals surface area contributed by atoms with Crippen molar-refractivity contribution < 1.29 is 43.4 Å². The van der Waals surface area contributed by atoms with Crippen molar-refractivity contribution in [2.24, 2.45) is 0 Å². The largest absolute Gasteiger partial charge is 1.00 e. The van der Waals surface area contributed by atoms with Crippen LogP contribution in [0.4, 0.5) is 8.78 Å². The van der Waals surface area contributed by atoms with Gasteiger partial charge < -0.3 is 10.1 Å². The number of aromatic nitrogens is 2. The molecule has 0 spiro atoms. The Bertz CT molecular complexity index is 872. The number of H-pyrrole nitrogens is 1. The molecule has 2 heterocycles. The van der Waals surface area contributed by atoms with Crippen molar-refractivity contribution in [2.45, 2.75) is 6.92 Å². The fourth-order valence-electron chi connectivity index (χ4n) is 1.24. The van der Waals surface area contributed by atoms with E-state index in [4.69, 9.17) is 22.1 Å². The summed E-state index contributed by atoms with van der Waals surface area (Å²) in [4.78, 5) is 15.6. The molecule has 0 aromatic carbocycles. The summed E-state index contributed by atoms with van der Waals surface area (Å²) in [6, 6.07) is 4.93. The summed E-state index contributed by atoms with van der Waals surface area (Å²) in [7, 11) is 0. The van der Waals surface area contributed by atoms with Crippen LogP contribution in [0.25, 0.3) is 0 Å². The van der Waals surface area contributed by atoms with Crippen LogP contribution in [0.2, 0.25) is 5.15 Å². The maximum atomic E-state index is 12.6. The predicted molar refractivity (Wildman–Crippen MR) is 113 cm³/mol. The molecule has 0 saturated carbocycles. The molecule has 2 rings (SSSR count). The smallest absolute Gasteiger partial charge is 0.859 e. The van der Waals surface area contributed by atoms with Crippen LogP contribution in [-0.2, 0) is 0 Å². The fourth-order valence-corrected chi connectivity index (χ4v) is 1.42. The van der Waals surface area contributed by atoms with Crippen LogP contribution in [0.15, 0.2) is 16.9 Å². The molecule has 2 aromatic rings. The van der Waals surface area contributed by atoms with Crippen LogP contribution >= 0.6 is 72.8 Å². The van der Waals surface area contributed by atoms with Gasteiger partial charge in [-0.25, -0.2) is 13.8 Å². The Balaban J connectivity index is -0.000000347. The molecule has 26 heavy (non-hydrogen) atoms. The molecule has 0 bridgehead atoms. The third-order valence-electron chi connectivity index (χ3n) is 2.32. The van der Waals surface area contributed by atoms with E-state index in [0.717, 1.165) is 6.07 Å². The van der Waals surface area contributed by atoms with Crippen LogP contribution in [0.1, 0.15) is 16.8 Å². The van der Waals surface area contributed by atoms with E-state index in [1.807, 2.05) is 0 Å².